The summed E-state index contributed by atoms with van der Waals surface area (Å²) in [6, 6.07) is 26.3. The maximum absolute atomic E-state index is 14.1. The van der Waals surface area contributed by atoms with Gasteiger partial charge < -0.3 is 14.7 Å². The van der Waals surface area contributed by atoms with E-state index in [1.807, 2.05) is 55.4 Å². The number of ether oxygens (including phenoxy) is 1. The highest BCUT2D eigenvalue weighted by Crippen LogP contribution is 2.50. The molecule has 5 rings (SSSR count). The molecule has 3 aromatic carbocycles. The van der Waals surface area contributed by atoms with E-state index in [9.17, 15) is 13.5 Å². The number of hydrogen-bond acceptors (Lipinski definition) is 5. The van der Waals surface area contributed by atoms with Crippen LogP contribution in [0.3, 0.4) is 0 Å². The molecule has 0 unspecified atom stereocenters. The van der Waals surface area contributed by atoms with Gasteiger partial charge in [-0.1, -0.05) is 63.8 Å². The first-order valence-electron chi connectivity index (χ1n) is 17.5. The van der Waals surface area contributed by atoms with Crippen LogP contribution in [0.25, 0.3) is 10.9 Å². The van der Waals surface area contributed by atoms with Crippen LogP contribution in [0.5, 0.6) is 5.75 Å². The van der Waals surface area contributed by atoms with Crippen molar-refractivity contribution < 1.29 is 22.8 Å². The van der Waals surface area contributed by atoms with Crippen LogP contribution in [0, 0.1) is 5.41 Å². The number of aryl methyl sites for hydroxylation is 1. The van der Waals surface area contributed by atoms with Crippen molar-refractivity contribution in [3.63, 3.8) is 0 Å². The highest BCUT2D eigenvalue weighted by molar-refractivity contribution is 7.91. The number of para-hydroxylation sites is 1. The van der Waals surface area contributed by atoms with Crippen molar-refractivity contribution in [1.82, 2.24) is 0 Å². The molecule has 0 aliphatic carbocycles. The van der Waals surface area contributed by atoms with Gasteiger partial charge in [-0.3, -0.25) is 0 Å². The van der Waals surface area contributed by atoms with Gasteiger partial charge >= 0.3 is 0 Å². The quantitative estimate of drug-likeness (QED) is 0.103. The Balaban J connectivity index is 1.33. The summed E-state index contributed by atoms with van der Waals surface area (Å²) in [6.45, 7) is 5.87. The van der Waals surface area contributed by atoms with E-state index in [1.165, 1.54) is 10.9 Å². The monoisotopic (exact) mass is 657 g/mol. The Morgan fingerprint density at radius 1 is 0.872 bits per heavy atom. The molecule has 0 spiro atoms. The lowest BCUT2D eigenvalue weighted by atomic mass is 9.68. The molecule has 0 amide bonds. The Labute approximate surface area is 282 Å². The van der Waals surface area contributed by atoms with Crippen molar-refractivity contribution in [3.05, 3.63) is 96.2 Å². The second kappa shape index (κ2) is 15.7. The second-order valence-electron chi connectivity index (χ2n) is 13.6. The summed E-state index contributed by atoms with van der Waals surface area (Å²) in [5, 5.41) is 13.7. The number of pyridine rings is 1. The van der Waals surface area contributed by atoms with Crippen molar-refractivity contribution in [3.8, 4) is 5.75 Å². The third-order valence-corrected chi connectivity index (χ3v) is 12.0. The lowest BCUT2D eigenvalue weighted by molar-refractivity contribution is -0.671. The topological polar surface area (TPSA) is 70.7 Å². The highest BCUT2D eigenvalue weighted by atomic mass is 32.2. The average Bonchev–Trinajstić information content (AvgIpc) is 3.14. The Bertz CT molecular complexity index is 1710. The lowest BCUT2D eigenvalue weighted by Crippen LogP contribution is -2.43. The third kappa shape index (κ3) is 8.01. The van der Waals surface area contributed by atoms with Gasteiger partial charge in [-0.05, 0) is 79.3 Å². The molecule has 7 heteroatoms. The fourth-order valence-corrected chi connectivity index (χ4v) is 9.52. The zero-order valence-corrected chi connectivity index (χ0v) is 29.5. The van der Waals surface area contributed by atoms with Crippen LogP contribution in [0.4, 0.5) is 5.69 Å². The number of sulfone groups is 1. The summed E-state index contributed by atoms with van der Waals surface area (Å²) >= 11 is 0. The number of anilines is 1. The minimum absolute atomic E-state index is 0.0217. The molecule has 1 aliphatic heterocycles. The normalized spacial score (nSPS) is 18.4. The smallest absolute Gasteiger partial charge is 0.212 e. The van der Waals surface area contributed by atoms with Gasteiger partial charge in [0.05, 0.1) is 23.4 Å². The number of rotatable bonds is 15. The average molecular weight is 658 g/mol. The zero-order chi connectivity index (χ0) is 33.4. The van der Waals surface area contributed by atoms with Gasteiger partial charge in [0, 0.05) is 55.1 Å². The maximum Gasteiger partial charge on any atom is 0.212 e. The van der Waals surface area contributed by atoms with E-state index >= 15 is 0 Å². The van der Waals surface area contributed by atoms with Crippen LogP contribution in [0.1, 0.15) is 88.7 Å². The number of aliphatic hydroxyl groups is 1. The molecule has 0 saturated heterocycles. The number of nitrogens with zero attached hydrogens (tertiary/aromatic N) is 2. The summed E-state index contributed by atoms with van der Waals surface area (Å²) < 4.78 is 36.6. The van der Waals surface area contributed by atoms with E-state index in [-0.39, 0.29) is 5.75 Å². The van der Waals surface area contributed by atoms with Gasteiger partial charge in [-0.15, -0.1) is 0 Å². The standard InChI is InChI=1S/C40H53N2O4S/c1-5-7-24-40(25-8-6-2)30-47(44,45)37-23-20-33(41(3)4)29-35(37)38(39(40)43)32-18-21-34(22-19-32)46-28-13-9-12-26-42-27-14-16-31-15-10-11-17-36(31)42/h10-11,14-23,27,29,38-39,43H,5-9,12-13,24-26,28,30H2,1-4H3/q+1/t38-,39-/m1/s1. The van der Waals surface area contributed by atoms with Gasteiger partial charge in [0.1, 0.15) is 12.3 Å². The summed E-state index contributed by atoms with van der Waals surface area (Å²) in [5.74, 6) is 0.307. The first-order chi connectivity index (χ1) is 22.7. The molecule has 1 N–H and O–H groups in total. The molecule has 1 aromatic heterocycles. The molecule has 6 nitrogen and oxygen atoms in total. The Morgan fingerprint density at radius 3 is 2.28 bits per heavy atom. The zero-order valence-electron chi connectivity index (χ0n) is 28.7. The van der Waals surface area contributed by atoms with Crippen molar-refractivity contribution in [2.24, 2.45) is 5.41 Å². The maximum atomic E-state index is 14.1. The molecule has 1 aliphatic rings. The molecule has 0 saturated carbocycles. The molecule has 0 bridgehead atoms. The largest absolute Gasteiger partial charge is 0.494 e. The van der Waals surface area contributed by atoms with Crippen LogP contribution in [-0.4, -0.2) is 46.1 Å². The van der Waals surface area contributed by atoms with Crippen molar-refractivity contribution in [1.29, 1.82) is 0 Å². The van der Waals surface area contributed by atoms with Crippen molar-refractivity contribution >= 4 is 26.4 Å². The molecular formula is C40H53N2O4S+. The minimum atomic E-state index is -3.62. The predicted octanol–water partition coefficient (Wildman–Crippen LogP) is 8.09. The molecule has 252 valence electrons. The van der Waals surface area contributed by atoms with E-state index in [1.54, 1.807) is 6.07 Å². The molecular weight excluding hydrogens is 605 g/mol. The van der Waals surface area contributed by atoms with Gasteiger partial charge in [0.15, 0.2) is 16.0 Å². The van der Waals surface area contributed by atoms with E-state index < -0.39 is 27.3 Å². The fourth-order valence-electron chi connectivity index (χ4n) is 7.33. The number of aromatic nitrogens is 1. The number of benzene rings is 3. The van der Waals surface area contributed by atoms with Crippen LogP contribution < -0.4 is 14.2 Å². The number of fused-ring (bicyclic) bond motifs is 2. The number of unbranched alkanes of at least 4 members (excludes halogenated alkanes) is 4. The Kier molecular flexibility index (Phi) is 11.6. The SMILES string of the molecule is CCCCC1(CCCC)CS(=O)(=O)c2ccc(N(C)C)cc2[C@@H](c2ccc(OCCCCC[n+]3cccc4ccccc43)cc2)[C@H]1O. The molecule has 2 heterocycles. The summed E-state index contributed by atoms with van der Waals surface area (Å²) in [5.41, 5.74) is 3.08. The molecule has 4 aromatic rings. The fraction of sp³-hybridized carbons (Fsp3) is 0.475. The lowest BCUT2D eigenvalue weighted by Gasteiger charge is -2.40. The molecule has 47 heavy (non-hydrogen) atoms. The highest BCUT2D eigenvalue weighted by Gasteiger charge is 2.49. The Morgan fingerprint density at radius 2 is 1.57 bits per heavy atom. The molecule has 0 radical (unpaired) electrons. The summed E-state index contributed by atoms with van der Waals surface area (Å²) in [4.78, 5) is 2.34. The number of hydrogen-bond donors (Lipinski definition) is 1. The van der Waals surface area contributed by atoms with E-state index in [2.05, 4.69) is 61.0 Å². The van der Waals surface area contributed by atoms with E-state index in [0.29, 0.717) is 29.9 Å². The summed E-state index contributed by atoms with van der Waals surface area (Å²) in [6.07, 6.45) is 9.49. The van der Waals surface area contributed by atoms with E-state index in [0.717, 1.165) is 68.5 Å². The van der Waals surface area contributed by atoms with Crippen molar-refractivity contribution in [2.45, 2.75) is 95.1 Å². The van der Waals surface area contributed by atoms with E-state index in [4.69, 9.17) is 4.74 Å². The van der Waals surface area contributed by atoms with Crippen LogP contribution in [0.15, 0.2) is 90.0 Å². The van der Waals surface area contributed by atoms with Gasteiger partial charge in [-0.2, -0.15) is 4.57 Å². The first-order valence-corrected chi connectivity index (χ1v) is 19.2. The molecule has 2 atom stereocenters. The Hall–Kier alpha value is -3.42. The minimum Gasteiger partial charge on any atom is -0.494 e. The number of aliphatic hydroxyl groups excluding tert-OH is 1. The second-order valence-corrected chi connectivity index (χ2v) is 15.6. The predicted molar refractivity (Wildman–Crippen MR) is 192 cm³/mol. The third-order valence-electron chi connectivity index (χ3n) is 10.00. The van der Waals surface area contributed by atoms with Crippen LogP contribution >= 0.6 is 0 Å². The van der Waals surface area contributed by atoms with Crippen LogP contribution in [0.2, 0.25) is 0 Å². The molecule has 0 fully saturated rings. The van der Waals surface area contributed by atoms with Crippen molar-refractivity contribution in [2.75, 3.05) is 31.4 Å². The van der Waals surface area contributed by atoms with Gasteiger partial charge in [-0.25, -0.2) is 8.42 Å². The first kappa shape index (κ1) is 34.9. The van der Waals surface area contributed by atoms with Gasteiger partial charge in [0.25, 0.3) is 0 Å². The van der Waals surface area contributed by atoms with Crippen LogP contribution in [-0.2, 0) is 16.4 Å². The van der Waals surface area contributed by atoms with Gasteiger partial charge in [0.2, 0.25) is 5.52 Å². The summed E-state index contributed by atoms with van der Waals surface area (Å²) in [7, 11) is 0.292.